The standard InChI is InChI=1S/C14H12INOS/c15-13-7-11(8-18-13)14(17)16-12-5-4-9-2-1-3-10(9)6-12/h4-8H,1-3H2,(H,16,17). The van der Waals surface area contributed by atoms with E-state index in [9.17, 15) is 4.79 Å². The van der Waals surface area contributed by atoms with Crippen LogP contribution in [0.5, 0.6) is 0 Å². The predicted octanol–water partition coefficient (Wildman–Crippen LogP) is 4.09. The lowest BCUT2D eigenvalue weighted by molar-refractivity contribution is 0.102. The Morgan fingerprint density at radius 1 is 1.22 bits per heavy atom. The van der Waals surface area contributed by atoms with Crippen LogP contribution in [-0.4, -0.2) is 5.91 Å². The van der Waals surface area contributed by atoms with Gasteiger partial charge in [-0.1, -0.05) is 6.07 Å². The zero-order valence-electron chi connectivity index (χ0n) is 9.70. The maximum absolute atomic E-state index is 12.0. The average Bonchev–Trinajstić information content (AvgIpc) is 2.96. The van der Waals surface area contributed by atoms with Gasteiger partial charge in [-0.3, -0.25) is 4.79 Å². The minimum absolute atomic E-state index is 0.0212. The summed E-state index contributed by atoms with van der Waals surface area (Å²) in [6.07, 6.45) is 3.54. The molecule has 0 atom stereocenters. The lowest BCUT2D eigenvalue weighted by atomic mass is 10.1. The third kappa shape index (κ3) is 2.44. The van der Waals surface area contributed by atoms with Gasteiger partial charge < -0.3 is 5.32 Å². The van der Waals surface area contributed by atoms with E-state index in [0.717, 1.165) is 20.6 Å². The van der Waals surface area contributed by atoms with Crippen molar-refractivity contribution >= 4 is 45.5 Å². The van der Waals surface area contributed by atoms with E-state index in [1.807, 2.05) is 17.5 Å². The van der Waals surface area contributed by atoms with E-state index >= 15 is 0 Å². The largest absolute Gasteiger partial charge is 0.322 e. The number of rotatable bonds is 2. The molecule has 1 N–H and O–H groups in total. The molecule has 1 aromatic carbocycles. The topological polar surface area (TPSA) is 29.1 Å². The van der Waals surface area contributed by atoms with Gasteiger partial charge in [-0.2, -0.15) is 0 Å². The van der Waals surface area contributed by atoms with Crippen LogP contribution in [-0.2, 0) is 12.8 Å². The molecule has 4 heteroatoms. The Labute approximate surface area is 124 Å². The van der Waals surface area contributed by atoms with Crippen LogP contribution in [0.4, 0.5) is 5.69 Å². The van der Waals surface area contributed by atoms with Crippen LogP contribution >= 0.6 is 33.9 Å². The Kier molecular flexibility index (Phi) is 3.39. The zero-order valence-corrected chi connectivity index (χ0v) is 12.7. The van der Waals surface area contributed by atoms with E-state index in [-0.39, 0.29) is 5.91 Å². The van der Waals surface area contributed by atoms with E-state index in [1.165, 1.54) is 24.0 Å². The van der Waals surface area contributed by atoms with E-state index < -0.39 is 0 Å². The highest BCUT2D eigenvalue weighted by molar-refractivity contribution is 14.1. The first-order chi connectivity index (χ1) is 8.72. The van der Waals surface area contributed by atoms with Crippen LogP contribution in [0.15, 0.2) is 29.6 Å². The monoisotopic (exact) mass is 369 g/mol. The zero-order chi connectivity index (χ0) is 12.5. The van der Waals surface area contributed by atoms with Gasteiger partial charge >= 0.3 is 0 Å². The minimum Gasteiger partial charge on any atom is -0.322 e. The predicted molar refractivity (Wildman–Crippen MR) is 83.5 cm³/mol. The van der Waals surface area contributed by atoms with Gasteiger partial charge in [0.15, 0.2) is 0 Å². The molecule has 2 aromatic rings. The SMILES string of the molecule is O=C(Nc1ccc2c(c1)CCC2)c1csc(I)c1. The van der Waals surface area contributed by atoms with Crippen LogP contribution < -0.4 is 5.32 Å². The first kappa shape index (κ1) is 12.2. The third-order valence-corrected chi connectivity index (χ3v) is 4.98. The van der Waals surface area contributed by atoms with Crippen molar-refractivity contribution in [2.75, 3.05) is 5.32 Å². The molecule has 1 heterocycles. The molecule has 0 unspecified atom stereocenters. The molecule has 0 bridgehead atoms. The summed E-state index contributed by atoms with van der Waals surface area (Å²) in [6.45, 7) is 0. The molecule has 0 saturated carbocycles. The van der Waals surface area contributed by atoms with Crippen LogP contribution in [0.3, 0.4) is 0 Å². The fraction of sp³-hybridized carbons (Fsp3) is 0.214. The van der Waals surface area contributed by atoms with E-state index in [1.54, 1.807) is 11.3 Å². The second-order valence-corrected chi connectivity index (χ2v) is 7.24. The molecule has 2 nitrogen and oxygen atoms in total. The van der Waals surface area contributed by atoms with Crippen LogP contribution in [0.25, 0.3) is 0 Å². The maximum Gasteiger partial charge on any atom is 0.256 e. The van der Waals surface area contributed by atoms with Gasteiger partial charge in [0.2, 0.25) is 0 Å². The van der Waals surface area contributed by atoms with Gasteiger partial charge in [0.25, 0.3) is 5.91 Å². The van der Waals surface area contributed by atoms with Gasteiger partial charge in [0, 0.05) is 11.1 Å². The first-order valence-electron chi connectivity index (χ1n) is 5.89. The van der Waals surface area contributed by atoms with Gasteiger partial charge in [0.05, 0.1) is 8.45 Å². The number of thiophene rings is 1. The van der Waals surface area contributed by atoms with E-state index in [4.69, 9.17) is 0 Å². The molecule has 1 aliphatic carbocycles. The molecular formula is C14H12INOS. The molecule has 3 rings (SSSR count). The number of anilines is 1. The number of carbonyl (C=O) groups is 1. The van der Waals surface area contributed by atoms with Gasteiger partial charge in [-0.25, -0.2) is 0 Å². The van der Waals surface area contributed by atoms with Crippen LogP contribution in [0, 0.1) is 2.88 Å². The van der Waals surface area contributed by atoms with Crippen molar-refractivity contribution in [3.8, 4) is 0 Å². The fourth-order valence-electron chi connectivity index (χ4n) is 2.28. The second kappa shape index (κ2) is 5.01. The third-order valence-electron chi connectivity index (χ3n) is 3.19. The van der Waals surface area contributed by atoms with Crippen molar-refractivity contribution in [1.29, 1.82) is 0 Å². The molecule has 1 aromatic heterocycles. The minimum atomic E-state index is -0.0212. The van der Waals surface area contributed by atoms with E-state index in [0.29, 0.717) is 0 Å². The molecule has 92 valence electrons. The van der Waals surface area contributed by atoms with Crippen molar-refractivity contribution in [3.05, 3.63) is 49.2 Å². The average molecular weight is 369 g/mol. The molecule has 1 aliphatic rings. The number of carbonyl (C=O) groups excluding carboxylic acids is 1. The molecule has 1 amide bonds. The smallest absolute Gasteiger partial charge is 0.256 e. The molecule has 0 saturated heterocycles. The second-order valence-electron chi connectivity index (χ2n) is 4.43. The van der Waals surface area contributed by atoms with Crippen LogP contribution in [0.2, 0.25) is 0 Å². The molecule has 0 fully saturated rings. The quantitative estimate of drug-likeness (QED) is 0.794. The summed E-state index contributed by atoms with van der Waals surface area (Å²) in [7, 11) is 0. The van der Waals surface area contributed by atoms with Gasteiger partial charge in [-0.05, 0) is 71.2 Å². The number of nitrogens with one attached hydrogen (secondary N) is 1. The summed E-state index contributed by atoms with van der Waals surface area (Å²) in [4.78, 5) is 12.0. The van der Waals surface area contributed by atoms with Crippen molar-refractivity contribution in [3.63, 3.8) is 0 Å². The van der Waals surface area contributed by atoms with Crippen molar-refractivity contribution in [1.82, 2.24) is 0 Å². The molecular weight excluding hydrogens is 357 g/mol. The number of halogens is 1. The lowest BCUT2D eigenvalue weighted by Gasteiger charge is -2.06. The molecule has 0 spiro atoms. The van der Waals surface area contributed by atoms with Crippen LogP contribution in [0.1, 0.15) is 27.9 Å². The fourth-order valence-corrected chi connectivity index (χ4v) is 3.61. The Morgan fingerprint density at radius 2 is 2.06 bits per heavy atom. The Hall–Kier alpha value is -0.880. The Bertz CT molecular complexity index is 606. The summed E-state index contributed by atoms with van der Waals surface area (Å²) in [5.41, 5.74) is 4.46. The maximum atomic E-state index is 12.0. The van der Waals surface area contributed by atoms with E-state index in [2.05, 4.69) is 40.0 Å². The van der Waals surface area contributed by atoms with Crippen molar-refractivity contribution in [2.45, 2.75) is 19.3 Å². The molecule has 0 radical (unpaired) electrons. The number of benzene rings is 1. The Morgan fingerprint density at radius 3 is 2.83 bits per heavy atom. The highest BCUT2D eigenvalue weighted by atomic mass is 127. The lowest BCUT2D eigenvalue weighted by Crippen LogP contribution is -2.11. The van der Waals surface area contributed by atoms with Gasteiger partial charge in [-0.15, -0.1) is 11.3 Å². The molecule has 18 heavy (non-hydrogen) atoms. The number of amides is 1. The first-order valence-corrected chi connectivity index (χ1v) is 7.85. The van der Waals surface area contributed by atoms with Crippen molar-refractivity contribution in [2.24, 2.45) is 0 Å². The summed E-state index contributed by atoms with van der Waals surface area (Å²) >= 11 is 3.82. The number of aryl methyl sites for hydroxylation is 2. The summed E-state index contributed by atoms with van der Waals surface area (Å²) in [6, 6.07) is 8.15. The normalized spacial score (nSPS) is 13.4. The summed E-state index contributed by atoms with van der Waals surface area (Å²) < 4.78 is 1.13. The van der Waals surface area contributed by atoms with Crippen molar-refractivity contribution < 1.29 is 4.79 Å². The highest BCUT2D eigenvalue weighted by Gasteiger charge is 2.13. The summed E-state index contributed by atoms with van der Waals surface area (Å²) in [5, 5.41) is 4.86. The highest BCUT2D eigenvalue weighted by Crippen LogP contribution is 2.25. The number of hydrogen-bond acceptors (Lipinski definition) is 2. The number of hydrogen-bond donors (Lipinski definition) is 1. The summed E-state index contributed by atoms with van der Waals surface area (Å²) in [5.74, 6) is -0.0212. The van der Waals surface area contributed by atoms with Gasteiger partial charge in [0.1, 0.15) is 0 Å². The molecule has 0 aliphatic heterocycles. The Balaban J connectivity index is 1.78. The number of fused-ring (bicyclic) bond motifs is 1.